The van der Waals surface area contributed by atoms with E-state index in [1.165, 1.54) is 12.1 Å². The number of benzene rings is 2. The monoisotopic (exact) mass is 344 g/mol. The Morgan fingerprint density at radius 2 is 1.81 bits per heavy atom. The van der Waals surface area contributed by atoms with Crippen LogP contribution in [0.25, 0.3) is 22.1 Å². The normalized spacial score (nSPS) is 10.7. The molecule has 1 N–H and O–H groups in total. The summed E-state index contributed by atoms with van der Waals surface area (Å²) in [6, 6.07) is 13.4. The van der Waals surface area contributed by atoms with Crippen LogP contribution in [0.4, 0.5) is 0 Å². The third-order valence-electron chi connectivity index (χ3n) is 3.14. The summed E-state index contributed by atoms with van der Waals surface area (Å²) in [4.78, 5) is 23.2. The van der Waals surface area contributed by atoms with Gasteiger partial charge in [0.25, 0.3) is 0 Å². The third-order valence-corrected chi connectivity index (χ3v) is 3.84. The standard InChI is InChI=1S/C16H9BrO4/c17-13-6-5-10(15(18)19)8-11(13)12-7-9-3-1-2-4-14(9)21-16(12)20/h1-8H,(H,18,19). The van der Waals surface area contributed by atoms with Crippen molar-refractivity contribution in [2.24, 2.45) is 0 Å². The molecule has 3 rings (SSSR count). The quantitative estimate of drug-likeness (QED) is 0.715. The van der Waals surface area contributed by atoms with Crippen LogP contribution in [0, 0.1) is 0 Å². The van der Waals surface area contributed by atoms with E-state index in [4.69, 9.17) is 9.52 Å². The minimum Gasteiger partial charge on any atom is -0.478 e. The molecule has 0 amide bonds. The summed E-state index contributed by atoms with van der Waals surface area (Å²) in [6.45, 7) is 0. The van der Waals surface area contributed by atoms with Crippen LogP contribution in [-0.4, -0.2) is 11.1 Å². The van der Waals surface area contributed by atoms with Gasteiger partial charge in [-0.1, -0.05) is 34.1 Å². The second kappa shape index (κ2) is 5.18. The number of hydrogen-bond donors (Lipinski definition) is 1. The topological polar surface area (TPSA) is 67.5 Å². The summed E-state index contributed by atoms with van der Waals surface area (Å²) in [6.07, 6.45) is 0. The Kier molecular flexibility index (Phi) is 3.35. The largest absolute Gasteiger partial charge is 0.478 e. The molecule has 0 spiro atoms. The fraction of sp³-hybridized carbons (Fsp3) is 0. The zero-order valence-electron chi connectivity index (χ0n) is 10.7. The maximum absolute atomic E-state index is 12.1. The smallest absolute Gasteiger partial charge is 0.344 e. The maximum Gasteiger partial charge on any atom is 0.344 e. The van der Waals surface area contributed by atoms with Gasteiger partial charge in [0.2, 0.25) is 0 Å². The predicted molar refractivity (Wildman–Crippen MR) is 82.6 cm³/mol. The minimum atomic E-state index is -1.05. The molecule has 0 aliphatic heterocycles. The molecule has 0 aliphatic carbocycles. The molecule has 0 unspecified atom stereocenters. The second-order valence-corrected chi connectivity index (χ2v) is 5.34. The van der Waals surface area contributed by atoms with Crippen LogP contribution in [0.15, 0.2) is 62.2 Å². The van der Waals surface area contributed by atoms with Gasteiger partial charge in [-0.2, -0.15) is 0 Å². The van der Waals surface area contributed by atoms with E-state index in [0.717, 1.165) is 5.39 Å². The summed E-state index contributed by atoms with van der Waals surface area (Å²) in [7, 11) is 0. The lowest BCUT2D eigenvalue weighted by atomic mass is 10.0. The highest BCUT2D eigenvalue weighted by Crippen LogP contribution is 2.29. The van der Waals surface area contributed by atoms with Gasteiger partial charge < -0.3 is 9.52 Å². The SMILES string of the molecule is O=C(O)c1ccc(Br)c(-c2cc3ccccc3oc2=O)c1. The molecule has 5 heteroatoms. The van der Waals surface area contributed by atoms with Gasteiger partial charge in [-0.25, -0.2) is 9.59 Å². The van der Waals surface area contributed by atoms with Gasteiger partial charge in [0, 0.05) is 15.4 Å². The molecule has 0 saturated heterocycles. The Morgan fingerprint density at radius 3 is 2.57 bits per heavy atom. The van der Waals surface area contributed by atoms with Crippen molar-refractivity contribution in [3.05, 3.63) is 69.0 Å². The summed E-state index contributed by atoms with van der Waals surface area (Å²) >= 11 is 3.34. The van der Waals surface area contributed by atoms with E-state index in [0.29, 0.717) is 21.2 Å². The molecule has 21 heavy (non-hydrogen) atoms. The van der Waals surface area contributed by atoms with Gasteiger partial charge in [-0.15, -0.1) is 0 Å². The molecule has 0 aliphatic rings. The number of fused-ring (bicyclic) bond motifs is 1. The van der Waals surface area contributed by atoms with Crippen molar-refractivity contribution < 1.29 is 14.3 Å². The van der Waals surface area contributed by atoms with Crippen molar-refractivity contribution >= 4 is 32.9 Å². The van der Waals surface area contributed by atoms with Crippen LogP contribution in [0.3, 0.4) is 0 Å². The molecule has 4 nitrogen and oxygen atoms in total. The van der Waals surface area contributed by atoms with Crippen molar-refractivity contribution in [1.82, 2.24) is 0 Å². The second-order valence-electron chi connectivity index (χ2n) is 4.49. The number of hydrogen-bond acceptors (Lipinski definition) is 3. The minimum absolute atomic E-state index is 0.112. The molecule has 2 aromatic carbocycles. The van der Waals surface area contributed by atoms with E-state index in [9.17, 15) is 9.59 Å². The summed E-state index contributed by atoms with van der Waals surface area (Å²) in [5.74, 6) is -1.05. The lowest BCUT2D eigenvalue weighted by molar-refractivity contribution is 0.0697. The number of rotatable bonds is 2. The zero-order chi connectivity index (χ0) is 15.0. The van der Waals surface area contributed by atoms with Gasteiger partial charge in [0.15, 0.2) is 0 Å². The van der Waals surface area contributed by atoms with E-state index >= 15 is 0 Å². The molecule has 0 saturated carbocycles. The Labute approximate surface area is 127 Å². The van der Waals surface area contributed by atoms with Crippen molar-refractivity contribution in [1.29, 1.82) is 0 Å². The highest BCUT2D eigenvalue weighted by atomic mass is 79.9. The molecule has 0 atom stereocenters. The number of aromatic carboxylic acids is 1. The number of halogens is 1. The van der Waals surface area contributed by atoms with E-state index in [1.807, 2.05) is 12.1 Å². The van der Waals surface area contributed by atoms with Crippen molar-refractivity contribution in [3.63, 3.8) is 0 Å². The molecule has 104 valence electrons. The lowest BCUT2D eigenvalue weighted by Gasteiger charge is -2.06. The Bertz CT molecular complexity index is 912. The van der Waals surface area contributed by atoms with Crippen LogP contribution < -0.4 is 5.63 Å². The number of carboxylic acid groups (broad SMARTS) is 1. The first-order chi connectivity index (χ1) is 10.1. The maximum atomic E-state index is 12.1. The van der Waals surface area contributed by atoms with Crippen LogP contribution in [-0.2, 0) is 0 Å². The highest BCUT2D eigenvalue weighted by molar-refractivity contribution is 9.10. The third kappa shape index (κ3) is 2.48. The Hall–Kier alpha value is -2.40. The zero-order valence-corrected chi connectivity index (χ0v) is 12.3. The van der Waals surface area contributed by atoms with Crippen LogP contribution >= 0.6 is 15.9 Å². The molecule has 3 aromatic rings. The average molecular weight is 345 g/mol. The van der Waals surface area contributed by atoms with Crippen LogP contribution in [0.2, 0.25) is 0 Å². The van der Waals surface area contributed by atoms with Crippen molar-refractivity contribution in [3.8, 4) is 11.1 Å². The van der Waals surface area contributed by atoms with Gasteiger partial charge in [0.1, 0.15) is 5.58 Å². The fourth-order valence-electron chi connectivity index (χ4n) is 2.11. The molecule has 1 aromatic heterocycles. The summed E-state index contributed by atoms with van der Waals surface area (Å²) < 4.78 is 5.91. The van der Waals surface area contributed by atoms with E-state index in [-0.39, 0.29) is 5.56 Å². The number of carbonyl (C=O) groups is 1. The Balaban J connectivity index is 2.29. The molecular formula is C16H9BrO4. The predicted octanol–water partition coefficient (Wildman–Crippen LogP) is 3.92. The van der Waals surface area contributed by atoms with Gasteiger partial charge in [0.05, 0.1) is 11.1 Å². The van der Waals surface area contributed by atoms with Gasteiger partial charge in [-0.05, 0) is 30.3 Å². The summed E-state index contributed by atoms with van der Waals surface area (Å²) in [5.41, 5.74) is 0.924. The van der Waals surface area contributed by atoms with Crippen molar-refractivity contribution in [2.45, 2.75) is 0 Å². The van der Waals surface area contributed by atoms with E-state index in [2.05, 4.69) is 15.9 Å². The first kappa shape index (κ1) is 13.6. The highest BCUT2D eigenvalue weighted by Gasteiger charge is 2.13. The first-order valence-corrected chi connectivity index (χ1v) is 6.91. The molecular weight excluding hydrogens is 336 g/mol. The first-order valence-electron chi connectivity index (χ1n) is 6.12. The van der Waals surface area contributed by atoms with Gasteiger partial charge in [-0.3, -0.25) is 0 Å². The van der Waals surface area contributed by atoms with Crippen LogP contribution in [0.5, 0.6) is 0 Å². The summed E-state index contributed by atoms with van der Waals surface area (Å²) in [5, 5.41) is 9.85. The van der Waals surface area contributed by atoms with Crippen LogP contribution in [0.1, 0.15) is 10.4 Å². The molecule has 0 fully saturated rings. The Morgan fingerprint density at radius 1 is 1.05 bits per heavy atom. The average Bonchev–Trinajstić information content (AvgIpc) is 2.47. The van der Waals surface area contributed by atoms with E-state index < -0.39 is 11.6 Å². The van der Waals surface area contributed by atoms with Crippen molar-refractivity contribution in [2.75, 3.05) is 0 Å². The lowest BCUT2D eigenvalue weighted by Crippen LogP contribution is -2.04. The van der Waals surface area contributed by atoms with Gasteiger partial charge >= 0.3 is 11.6 Å². The molecule has 1 heterocycles. The molecule has 0 bridgehead atoms. The number of para-hydroxylation sites is 1. The number of carboxylic acids is 1. The molecule has 0 radical (unpaired) electrons. The fourth-order valence-corrected chi connectivity index (χ4v) is 2.57. The van der Waals surface area contributed by atoms with E-state index in [1.54, 1.807) is 24.3 Å².